The molecule has 5 rings (SSSR count). The molecule has 0 amide bonds. The minimum Gasteiger partial charge on any atom is -0.390 e. The number of fused-ring (bicyclic) bond motifs is 5. The van der Waals surface area contributed by atoms with E-state index < -0.39 is 16.6 Å². The Labute approximate surface area is 203 Å². The average Bonchev–Trinajstić information content (AvgIpc) is 3.35. The lowest BCUT2D eigenvalue weighted by atomic mass is 9.47. The van der Waals surface area contributed by atoms with Gasteiger partial charge in [0.05, 0.1) is 23.0 Å². The van der Waals surface area contributed by atoms with Crippen molar-refractivity contribution < 1.29 is 15.0 Å². The van der Waals surface area contributed by atoms with Crippen LogP contribution < -0.4 is 0 Å². The van der Waals surface area contributed by atoms with Gasteiger partial charge in [-0.2, -0.15) is 10.4 Å². The lowest BCUT2D eigenvalue weighted by molar-refractivity contribution is -0.174. The van der Waals surface area contributed by atoms with Crippen molar-refractivity contribution in [2.24, 2.45) is 40.9 Å². The molecule has 0 aromatic carbocycles. The molecule has 34 heavy (non-hydrogen) atoms. The third-order valence-corrected chi connectivity index (χ3v) is 10.8. The molecule has 1 aromatic heterocycles. The van der Waals surface area contributed by atoms with Crippen molar-refractivity contribution >= 4 is 5.78 Å². The topological polar surface area (TPSA) is 99.1 Å². The maximum Gasteiger partial charge on any atom is 0.137 e. The Kier molecular flexibility index (Phi) is 5.97. The van der Waals surface area contributed by atoms with E-state index in [4.69, 9.17) is 5.26 Å². The van der Waals surface area contributed by atoms with Gasteiger partial charge in [0.2, 0.25) is 0 Å². The summed E-state index contributed by atoms with van der Waals surface area (Å²) in [6.45, 7) is 6.93. The number of ketones is 1. The van der Waals surface area contributed by atoms with Gasteiger partial charge in [-0.3, -0.25) is 9.48 Å². The molecule has 1 aromatic rings. The molecule has 0 unspecified atom stereocenters. The highest BCUT2D eigenvalue weighted by Crippen LogP contribution is 2.66. The molecule has 186 valence electrons. The van der Waals surface area contributed by atoms with Crippen molar-refractivity contribution in [3.8, 4) is 6.07 Å². The molecule has 4 fully saturated rings. The van der Waals surface area contributed by atoms with E-state index >= 15 is 0 Å². The van der Waals surface area contributed by atoms with Crippen LogP contribution in [0.5, 0.6) is 0 Å². The van der Waals surface area contributed by atoms with Crippen molar-refractivity contribution in [3.05, 3.63) is 18.0 Å². The van der Waals surface area contributed by atoms with Gasteiger partial charge < -0.3 is 10.2 Å². The second-order valence-electron chi connectivity index (χ2n) is 12.5. The highest BCUT2D eigenvalue weighted by molar-refractivity contribution is 5.84. The van der Waals surface area contributed by atoms with Gasteiger partial charge in [0.1, 0.15) is 11.9 Å². The molecule has 6 nitrogen and oxygen atoms in total. The van der Waals surface area contributed by atoms with Crippen LogP contribution in [0.25, 0.3) is 0 Å². The molecule has 9 atom stereocenters. The summed E-state index contributed by atoms with van der Waals surface area (Å²) >= 11 is 0. The Morgan fingerprint density at radius 3 is 2.74 bits per heavy atom. The van der Waals surface area contributed by atoms with E-state index in [2.05, 4.69) is 31.9 Å². The lowest BCUT2D eigenvalue weighted by Gasteiger charge is -2.58. The monoisotopic (exact) mass is 467 g/mol. The van der Waals surface area contributed by atoms with Crippen molar-refractivity contribution in [3.63, 3.8) is 0 Å². The fourth-order valence-electron chi connectivity index (χ4n) is 9.24. The molecular weight excluding hydrogens is 426 g/mol. The molecule has 4 aliphatic carbocycles. The van der Waals surface area contributed by atoms with Crippen molar-refractivity contribution in [2.75, 3.05) is 0 Å². The highest BCUT2D eigenvalue weighted by Gasteiger charge is 2.66. The first-order valence-corrected chi connectivity index (χ1v) is 13.5. The van der Waals surface area contributed by atoms with Gasteiger partial charge in [-0.15, -0.1) is 0 Å². The second kappa shape index (κ2) is 8.45. The summed E-state index contributed by atoms with van der Waals surface area (Å²) in [5, 5.41) is 36.6. The molecule has 0 radical (unpaired) electrons. The fraction of sp³-hybridized carbons (Fsp3) is 0.821. The zero-order valence-electron chi connectivity index (χ0n) is 21.0. The number of nitrogens with zero attached hydrogens (tertiary/aromatic N) is 3. The van der Waals surface area contributed by atoms with Gasteiger partial charge >= 0.3 is 0 Å². The summed E-state index contributed by atoms with van der Waals surface area (Å²) in [6, 6.07) is 2.12. The second-order valence-corrected chi connectivity index (χ2v) is 12.5. The quantitative estimate of drug-likeness (QED) is 0.665. The lowest BCUT2D eigenvalue weighted by Crippen LogP contribution is -2.59. The summed E-state index contributed by atoms with van der Waals surface area (Å²) in [5.74, 6) is 2.02. The van der Waals surface area contributed by atoms with Crippen LogP contribution in [0.3, 0.4) is 0 Å². The predicted octanol–water partition coefficient (Wildman–Crippen LogP) is 4.48. The molecule has 6 heteroatoms. The molecule has 0 aliphatic heterocycles. The number of nitriles is 1. The molecule has 4 saturated carbocycles. The third-order valence-electron chi connectivity index (χ3n) is 10.8. The van der Waals surface area contributed by atoms with Crippen LogP contribution in [-0.2, 0) is 11.3 Å². The fourth-order valence-corrected chi connectivity index (χ4v) is 9.24. The number of aromatic nitrogens is 2. The van der Waals surface area contributed by atoms with Crippen LogP contribution in [0.1, 0.15) is 90.5 Å². The SMILES string of the molecule is CCC[C@@]1(O)CC[C@H]2[C@H](CC[C@@H]3[C@@H]2C(=O)C[C@@]2(C)[C@H]3CC[C@]2(O)[C@@H](C)Cn2cc(C#N)cn2)C1. The predicted molar refractivity (Wildman–Crippen MR) is 128 cm³/mol. The van der Waals surface area contributed by atoms with E-state index in [0.717, 1.165) is 57.8 Å². The van der Waals surface area contributed by atoms with Crippen LogP contribution in [0.4, 0.5) is 0 Å². The number of rotatable bonds is 5. The summed E-state index contributed by atoms with van der Waals surface area (Å²) in [4.78, 5) is 13.8. The van der Waals surface area contributed by atoms with Crippen molar-refractivity contribution in [1.29, 1.82) is 5.26 Å². The van der Waals surface area contributed by atoms with Crippen LogP contribution in [0.2, 0.25) is 0 Å². The minimum absolute atomic E-state index is 0.0617. The third kappa shape index (κ3) is 3.57. The van der Waals surface area contributed by atoms with Gasteiger partial charge in [-0.1, -0.05) is 27.2 Å². The van der Waals surface area contributed by atoms with Gasteiger partial charge in [-0.05, 0) is 75.0 Å². The molecule has 4 aliphatic rings. The summed E-state index contributed by atoms with van der Waals surface area (Å²) < 4.78 is 1.76. The Hall–Kier alpha value is -1.71. The smallest absolute Gasteiger partial charge is 0.137 e. The summed E-state index contributed by atoms with van der Waals surface area (Å²) in [6.07, 6.45) is 12.2. The zero-order chi connectivity index (χ0) is 24.3. The van der Waals surface area contributed by atoms with Crippen LogP contribution in [-0.4, -0.2) is 37.0 Å². The van der Waals surface area contributed by atoms with Crippen LogP contribution >= 0.6 is 0 Å². The summed E-state index contributed by atoms with van der Waals surface area (Å²) in [5.41, 5.74) is -1.33. The number of aliphatic hydroxyl groups is 2. The van der Waals surface area contributed by atoms with E-state index in [0.29, 0.717) is 48.0 Å². The molecule has 0 spiro atoms. The first kappa shape index (κ1) is 24.0. The number of carbonyl (C=O) groups excluding carboxylic acids is 1. The number of Topliss-reactive ketones (excluding diaryl/α,β-unsaturated/α-hetero) is 1. The maximum atomic E-state index is 13.8. The van der Waals surface area contributed by atoms with Gasteiger partial charge in [-0.25, -0.2) is 0 Å². The van der Waals surface area contributed by atoms with Gasteiger partial charge in [0.15, 0.2) is 0 Å². The first-order valence-electron chi connectivity index (χ1n) is 13.5. The first-order chi connectivity index (χ1) is 16.1. The Morgan fingerprint density at radius 2 is 2.03 bits per heavy atom. The molecule has 0 bridgehead atoms. The minimum atomic E-state index is -0.915. The molecule has 0 saturated heterocycles. The van der Waals surface area contributed by atoms with E-state index in [1.54, 1.807) is 17.1 Å². The van der Waals surface area contributed by atoms with E-state index in [-0.39, 0.29) is 11.8 Å². The van der Waals surface area contributed by atoms with Crippen molar-refractivity contribution in [1.82, 2.24) is 9.78 Å². The van der Waals surface area contributed by atoms with E-state index in [1.807, 2.05) is 0 Å². The van der Waals surface area contributed by atoms with Gasteiger partial charge in [0, 0.05) is 36.4 Å². The highest BCUT2D eigenvalue weighted by atomic mass is 16.3. The zero-order valence-corrected chi connectivity index (χ0v) is 21.0. The molecular formula is C28H41N3O3. The van der Waals surface area contributed by atoms with Crippen molar-refractivity contribution in [2.45, 2.75) is 103 Å². The van der Waals surface area contributed by atoms with Crippen LogP contribution in [0, 0.1) is 52.3 Å². The molecule has 1 heterocycles. The van der Waals surface area contributed by atoms with E-state index in [1.165, 1.54) is 0 Å². The standard InChI is InChI=1S/C28H41N3O3/c1-4-9-27(33)10-7-21-20(12-27)5-6-22-23-8-11-28(34,26(23,3)13-24(32)25(21)22)18(2)16-31-17-19(14-29)15-30-31/h15,17-18,20-23,25,33-34H,4-13,16H2,1-3H3/t18-,20+,21-,22-,23-,25+,26-,27+,28-/m0/s1. The largest absolute Gasteiger partial charge is 0.390 e. The Balaban J connectivity index is 1.36. The molecule has 2 N–H and O–H groups in total. The number of carbonyl (C=O) groups is 1. The van der Waals surface area contributed by atoms with Gasteiger partial charge in [0.25, 0.3) is 0 Å². The number of hydrogen-bond acceptors (Lipinski definition) is 5. The van der Waals surface area contributed by atoms with Crippen LogP contribution in [0.15, 0.2) is 12.4 Å². The summed E-state index contributed by atoms with van der Waals surface area (Å²) in [7, 11) is 0. The Bertz CT molecular complexity index is 984. The van der Waals surface area contributed by atoms with E-state index in [9.17, 15) is 15.0 Å². The maximum absolute atomic E-state index is 13.8. The Morgan fingerprint density at radius 1 is 1.24 bits per heavy atom. The number of hydrogen-bond donors (Lipinski definition) is 2. The normalized spacial score (nSPS) is 44.6. The average molecular weight is 468 g/mol.